The predicted octanol–water partition coefficient (Wildman–Crippen LogP) is 2.70. The number of primary amides is 1. The summed E-state index contributed by atoms with van der Waals surface area (Å²) in [6, 6.07) is 21.1. The van der Waals surface area contributed by atoms with Crippen molar-refractivity contribution < 1.29 is 13.2 Å². The van der Waals surface area contributed by atoms with Gasteiger partial charge in [-0.05, 0) is 41.8 Å². The van der Waals surface area contributed by atoms with Crippen molar-refractivity contribution in [3.05, 3.63) is 83.9 Å². The molecule has 0 fully saturated rings. The van der Waals surface area contributed by atoms with Crippen LogP contribution in [0, 0.1) is 5.92 Å². The lowest BCUT2D eigenvalue weighted by Crippen LogP contribution is -2.22. The second-order valence-corrected chi connectivity index (χ2v) is 8.82. The van der Waals surface area contributed by atoms with E-state index in [9.17, 15) is 13.2 Å². The summed E-state index contributed by atoms with van der Waals surface area (Å²) in [5.41, 5.74) is 15.0. The number of amides is 1. The summed E-state index contributed by atoms with van der Waals surface area (Å²) in [5, 5.41) is 5.32. The number of hydrogen-bond acceptors (Lipinski definition) is 4. The third-order valence-electron chi connectivity index (χ3n) is 4.87. The van der Waals surface area contributed by atoms with Crippen LogP contribution in [0.4, 0.5) is 5.69 Å². The zero-order valence-electron chi connectivity index (χ0n) is 17.0. The Kier molecular flexibility index (Phi) is 6.53. The van der Waals surface area contributed by atoms with Crippen molar-refractivity contribution in [1.29, 1.82) is 0 Å². The number of carbonyl (C=O) groups is 1. The average Bonchev–Trinajstić information content (AvgIpc) is 2.74. The largest absolute Gasteiger partial charge is 0.383 e. The number of nitrogens with zero attached hydrogens (tertiary/aromatic N) is 1. The number of aliphatic imine (C=N–C) groups is 1. The van der Waals surface area contributed by atoms with Crippen LogP contribution in [0.3, 0.4) is 0 Å². The molecule has 1 unspecified atom stereocenters. The predicted molar refractivity (Wildman–Crippen MR) is 122 cm³/mol. The molecule has 0 heterocycles. The van der Waals surface area contributed by atoms with E-state index in [-0.39, 0.29) is 16.7 Å². The summed E-state index contributed by atoms with van der Waals surface area (Å²) in [7, 11) is -3.84. The van der Waals surface area contributed by atoms with Gasteiger partial charge in [0, 0.05) is 17.0 Å². The first-order chi connectivity index (χ1) is 14.6. The lowest BCUT2D eigenvalue weighted by atomic mass is 9.99. The zero-order chi connectivity index (χ0) is 22.6. The molecule has 0 spiro atoms. The summed E-state index contributed by atoms with van der Waals surface area (Å²) in [6.07, 6.45) is 0.522. The van der Waals surface area contributed by atoms with Crippen LogP contribution in [0.5, 0.6) is 0 Å². The van der Waals surface area contributed by atoms with E-state index >= 15 is 0 Å². The number of rotatable bonds is 7. The second-order valence-electron chi connectivity index (χ2n) is 7.29. The Hall–Kier alpha value is -3.49. The minimum atomic E-state index is -3.84. The molecule has 3 rings (SSSR count). The second kappa shape index (κ2) is 9.11. The van der Waals surface area contributed by atoms with Gasteiger partial charge in [-0.2, -0.15) is 0 Å². The number of primary sulfonamides is 1. The number of sulfonamides is 1. The summed E-state index contributed by atoms with van der Waals surface area (Å²) in [5.74, 6) is -0.302. The van der Waals surface area contributed by atoms with Crippen LogP contribution in [0.25, 0.3) is 11.1 Å². The third-order valence-corrected chi connectivity index (χ3v) is 5.84. The molecule has 7 nitrogen and oxygen atoms in total. The van der Waals surface area contributed by atoms with Crippen LogP contribution < -0.4 is 16.6 Å². The Bertz CT molecular complexity index is 1240. The molecule has 1 amide bonds. The van der Waals surface area contributed by atoms with Crippen LogP contribution in [0.15, 0.2) is 82.7 Å². The van der Waals surface area contributed by atoms with Gasteiger partial charge in [0.1, 0.15) is 5.84 Å². The molecule has 1 atom stereocenters. The zero-order valence-corrected chi connectivity index (χ0v) is 17.8. The number of nitrogens with two attached hydrogens (primary N) is 3. The molecule has 0 aromatic heterocycles. The van der Waals surface area contributed by atoms with Crippen LogP contribution in [-0.2, 0) is 21.2 Å². The SMILES string of the molecule is CC(Cc1cccc(C(N)=Nc2ccc(-c3ccccc3S(N)(=O)=O)cc2)c1)C(N)=O. The van der Waals surface area contributed by atoms with E-state index in [0.29, 0.717) is 29.1 Å². The molecule has 0 bridgehead atoms. The van der Waals surface area contributed by atoms with Crippen molar-refractivity contribution in [2.45, 2.75) is 18.2 Å². The average molecular weight is 437 g/mol. The summed E-state index contributed by atoms with van der Waals surface area (Å²) in [4.78, 5) is 15.8. The highest BCUT2D eigenvalue weighted by Crippen LogP contribution is 2.28. The standard InChI is InChI=1S/C23H24N4O3S/c1-15(23(25)28)13-16-5-4-6-18(14-16)22(24)27-19-11-9-17(10-12-19)20-7-2-3-8-21(20)31(26,29)30/h2-12,14-15H,13H2,1H3,(H2,24,27)(H2,25,28)(H2,26,29,30). The highest BCUT2D eigenvalue weighted by molar-refractivity contribution is 7.89. The van der Waals surface area contributed by atoms with Gasteiger partial charge >= 0.3 is 0 Å². The van der Waals surface area contributed by atoms with E-state index < -0.39 is 10.0 Å². The van der Waals surface area contributed by atoms with Crippen LogP contribution in [-0.4, -0.2) is 20.2 Å². The number of hydrogen-bond donors (Lipinski definition) is 3. The lowest BCUT2D eigenvalue weighted by molar-refractivity contribution is -0.121. The molecular formula is C23H24N4O3S. The van der Waals surface area contributed by atoms with Gasteiger partial charge in [-0.25, -0.2) is 18.5 Å². The van der Waals surface area contributed by atoms with E-state index in [1.807, 2.05) is 24.3 Å². The van der Waals surface area contributed by atoms with Crippen molar-refractivity contribution in [3.8, 4) is 11.1 Å². The molecule has 3 aromatic rings. The van der Waals surface area contributed by atoms with E-state index in [1.54, 1.807) is 49.4 Å². The molecule has 160 valence electrons. The molecule has 0 aliphatic heterocycles. The van der Waals surface area contributed by atoms with Gasteiger partial charge in [-0.15, -0.1) is 0 Å². The van der Waals surface area contributed by atoms with E-state index in [2.05, 4.69) is 4.99 Å². The van der Waals surface area contributed by atoms with Crippen molar-refractivity contribution >= 4 is 27.5 Å². The minimum absolute atomic E-state index is 0.0627. The molecule has 0 saturated carbocycles. The highest BCUT2D eigenvalue weighted by Gasteiger charge is 2.14. The fraction of sp³-hybridized carbons (Fsp3) is 0.130. The quantitative estimate of drug-likeness (QED) is 0.387. The molecule has 31 heavy (non-hydrogen) atoms. The Balaban J connectivity index is 1.85. The normalized spacial score (nSPS) is 13.0. The van der Waals surface area contributed by atoms with Gasteiger partial charge in [0.25, 0.3) is 0 Å². The van der Waals surface area contributed by atoms with Crippen molar-refractivity contribution in [1.82, 2.24) is 0 Å². The van der Waals surface area contributed by atoms with Crippen LogP contribution >= 0.6 is 0 Å². The Morgan fingerprint density at radius 1 is 0.968 bits per heavy atom. The molecule has 0 saturated heterocycles. The molecule has 0 aliphatic rings. The van der Waals surface area contributed by atoms with Gasteiger partial charge in [0.15, 0.2) is 0 Å². The topological polar surface area (TPSA) is 142 Å². The molecule has 6 N–H and O–H groups in total. The minimum Gasteiger partial charge on any atom is -0.383 e. The van der Waals surface area contributed by atoms with Gasteiger partial charge in [-0.1, -0.05) is 55.5 Å². The maximum absolute atomic E-state index is 11.8. The fourth-order valence-electron chi connectivity index (χ4n) is 3.18. The maximum Gasteiger partial charge on any atom is 0.238 e. The summed E-state index contributed by atoms with van der Waals surface area (Å²) in [6.45, 7) is 1.78. The molecule has 0 aliphatic carbocycles. The first-order valence-corrected chi connectivity index (χ1v) is 11.1. The first-order valence-electron chi connectivity index (χ1n) is 9.60. The van der Waals surface area contributed by atoms with E-state index in [1.165, 1.54) is 6.07 Å². The number of benzene rings is 3. The lowest BCUT2D eigenvalue weighted by Gasteiger charge is -2.09. The Morgan fingerprint density at radius 2 is 1.65 bits per heavy atom. The summed E-state index contributed by atoms with van der Waals surface area (Å²) >= 11 is 0. The number of carbonyl (C=O) groups excluding carboxylic acids is 1. The van der Waals surface area contributed by atoms with Crippen molar-refractivity contribution in [3.63, 3.8) is 0 Å². The van der Waals surface area contributed by atoms with Gasteiger partial charge in [0.05, 0.1) is 10.6 Å². The smallest absolute Gasteiger partial charge is 0.238 e. The van der Waals surface area contributed by atoms with Gasteiger partial charge in [0.2, 0.25) is 15.9 Å². The van der Waals surface area contributed by atoms with Crippen LogP contribution in [0.1, 0.15) is 18.1 Å². The molecule has 3 aromatic carbocycles. The first kappa shape index (κ1) is 22.2. The number of amidine groups is 1. The van der Waals surface area contributed by atoms with Crippen molar-refractivity contribution in [2.75, 3.05) is 0 Å². The van der Waals surface area contributed by atoms with Gasteiger partial charge < -0.3 is 11.5 Å². The molecule has 8 heteroatoms. The van der Waals surface area contributed by atoms with E-state index in [0.717, 1.165) is 11.1 Å². The monoisotopic (exact) mass is 436 g/mol. The van der Waals surface area contributed by atoms with E-state index in [4.69, 9.17) is 16.6 Å². The van der Waals surface area contributed by atoms with Crippen molar-refractivity contribution in [2.24, 2.45) is 27.5 Å². The molecule has 0 radical (unpaired) electrons. The molecular weight excluding hydrogens is 412 g/mol. The Morgan fingerprint density at radius 3 is 2.29 bits per heavy atom. The Labute approximate surface area is 181 Å². The van der Waals surface area contributed by atoms with Gasteiger partial charge in [-0.3, -0.25) is 4.79 Å². The maximum atomic E-state index is 11.8. The fourth-order valence-corrected chi connectivity index (χ4v) is 3.94. The summed E-state index contributed by atoms with van der Waals surface area (Å²) < 4.78 is 23.7. The highest BCUT2D eigenvalue weighted by atomic mass is 32.2. The van der Waals surface area contributed by atoms with Crippen LogP contribution in [0.2, 0.25) is 0 Å². The third kappa shape index (κ3) is 5.56.